The third-order valence-corrected chi connectivity index (χ3v) is 4.18. The maximum atomic E-state index is 12.6. The number of likely N-dealkylation sites (tertiary alicyclic amines) is 1. The second-order valence-electron chi connectivity index (χ2n) is 5.72. The number of aromatic nitrogens is 3. The third kappa shape index (κ3) is 2.84. The van der Waals surface area contributed by atoms with Gasteiger partial charge in [0, 0.05) is 24.2 Å². The largest absolute Gasteiger partial charge is 0.361 e. The van der Waals surface area contributed by atoms with E-state index in [1.54, 1.807) is 4.90 Å². The van der Waals surface area contributed by atoms with Gasteiger partial charge in [-0.25, -0.2) is 4.68 Å². The number of H-pyrrole nitrogens is 1. The Morgan fingerprint density at radius 3 is 2.87 bits per heavy atom. The summed E-state index contributed by atoms with van der Waals surface area (Å²) in [6.07, 6.45) is 1.70. The summed E-state index contributed by atoms with van der Waals surface area (Å²) in [6.45, 7) is 4.11. The Balaban J connectivity index is 1.85. The molecular weight excluding hydrogens is 300 g/mol. The molecule has 1 unspecified atom stereocenters. The van der Waals surface area contributed by atoms with Crippen LogP contribution in [-0.4, -0.2) is 32.3 Å². The van der Waals surface area contributed by atoms with Crippen molar-refractivity contribution in [2.24, 2.45) is 0 Å². The number of carbonyl (C=O) groups is 1. The van der Waals surface area contributed by atoms with Crippen LogP contribution < -0.4 is 11.1 Å². The summed E-state index contributed by atoms with van der Waals surface area (Å²) in [7, 11) is 0. The van der Waals surface area contributed by atoms with Gasteiger partial charge in [-0.2, -0.15) is 0 Å². The minimum atomic E-state index is -0.416. The second kappa shape index (κ2) is 5.86. The van der Waals surface area contributed by atoms with Crippen LogP contribution in [0.25, 0.3) is 0 Å². The quantitative estimate of drug-likeness (QED) is 0.888. The molecule has 1 aliphatic heterocycles. The zero-order valence-electron chi connectivity index (χ0n) is 13.0. The molecule has 1 saturated heterocycles. The van der Waals surface area contributed by atoms with E-state index in [2.05, 4.69) is 10.3 Å². The zero-order chi connectivity index (χ0) is 16.6. The SMILES string of the molecule is Cc1noc(C)c1C1CCCN1C(=O)Cn1[nH]c(=O)ccc1=O. The highest BCUT2D eigenvalue weighted by molar-refractivity contribution is 5.76. The van der Waals surface area contributed by atoms with Gasteiger partial charge in [0.25, 0.3) is 11.1 Å². The fourth-order valence-corrected chi connectivity index (χ4v) is 3.14. The third-order valence-electron chi connectivity index (χ3n) is 4.18. The summed E-state index contributed by atoms with van der Waals surface area (Å²) in [4.78, 5) is 37.4. The molecule has 0 radical (unpaired) electrons. The van der Waals surface area contributed by atoms with E-state index in [1.807, 2.05) is 13.8 Å². The van der Waals surface area contributed by atoms with Crippen molar-refractivity contribution < 1.29 is 9.32 Å². The molecule has 2 aromatic heterocycles. The van der Waals surface area contributed by atoms with Gasteiger partial charge in [0.1, 0.15) is 12.3 Å². The first-order valence-corrected chi connectivity index (χ1v) is 7.50. The monoisotopic (exact) mass is 318 g/mol. The first-order valence-electron chi connectivity index (χ1n) is 7.50. The van der Waals surface area contributed by atoms with E-state index in [0.29, 0.717) is 12.3 Å². The predicted octanol–water partition coefficient (Wildman–Crippen LogP) is 0.505. The van der Waals surface area contributed by atoms with E-state index < -0.39 is 11.1 Å². The summed E-state index contributed by atoms with van der Waals surface area (Å²) < 4.78 is 6.23. The summed E-state index contributed by atoms with van der Waals surface area (Å²) >= 11 is 0. The molecule has 23 heavy (non-hydrogen) atoms. The van der Waals surface area contributed by atoms with Crippen LogP contribution in [0.5, 0.6) is 0 Å². The van der Waals surface area contributed by atoms with Crippen LogP contribution in [-0.2, 0) is 11.3 Å². The van der Waals surface area contributed by atoms with Crippen LogP contribution >= 0.6 is 0 Å². The molecule has 1 aliphatic rings. The van der Waals surface area contributed by atoms with Crippen LogP contribution in [0.15, 0.2) is 26.2 Å². The molecule has 1 atom stereocenters. The lowest BCUT2D eigenvalue weighted by Gasteiger charge is -2.25. The Hall–Kier alpha value is -2.64. The molecule has 2 aromatic rings. The summed E-state index contributed by atoms with van der Waals surface area (Å²) in [6, 6.07) is 2.20. The smallest absolute Gasteiger partial charge is 0.265 e. The molecule has 1 fully saturated rings. The molecule has 0 bridgehead atoms. The number of amides is 1. The van der Waals surface area contributed by atoms with Crippen molar-refractivity contribution in [2.45, 2.75) is 39.3 Å². The highest BCUT2D eigenvalue weighted by Gasteiger charge is 2.33. The Labute approximate surface area is 131 Å². The molecule has 8 nitrogen and oxygen atoms in total. The minimum Gasteiger partial charge on any atom is -0.361 e. The van der Waals surface area contributed by atoms with Gasteiger partial charge in [0.15, 0.2) is 0 Å². The molecule has 8 heteroatoms. The van der Waals surface area contributed by atoms with E-state index >= 15 is 0 Å². The lowest BCUT2D eigenvalue weighted by molar-refractivity contribution is -0.133. The molecule has 3 heterocycles. The number of aryl methyl sites for hydroxylation is 2. The fraction of sp³-hybridized carbons (Fsp3) is 0.467. The average Bonchev–Trinajstić information content (AvgIpc) is 3.09. The topological polar surface area (TPSA) is 101 Å². The van der Waals surface area contributed by atoms with Crippen molar-refractivity contribution in [3.63, 3.8) is 0 Å². The Kier molecular flexibility index (Phi) is 3.89. The van der Waals surface area contributed by atoms with Crippen molar-refractivity contribution in [1.29, 1.82) is 0 Å². The van der Waals surface area contributed by atoms with E-state index in [4.69, 9.17) is 4.52 Å². The van der Waals surface area contributed by atoms with Crippen molar-refractivity contribution in [3.05, 3.63) is 49.9 Å². The van der Waals surface area contributed by atoms with Crippen LogP contribution in [0.4, 0.5) is 0 Å². The maximum absolute atomic E-state index is 12.6. The van der Waals surface area contributed by atoms with Gasteiger partial charge >= 0.3 is 0 Å². The number of nitrogens with zero attached hydrogens (tertiary/aromatic N) is 3. The molecule has 0 aliphatic carbocycles. The van der Waals surface area contributed by atoms with Crippen molar-refractivity contribution in [1.82, 2.24) is 19.8 Å². The fourth-order valence-electron chi connectivity index (χ4n) is 3.14. The number of nitrogens with one attached hydrogen (secondary N) is 1. The zero-order valence-corrected chi connectivity index (χ0v) is 13.0. The van der Waals surface area contributed by atoms with Crippen LogP contribution in [0.2, 0.25) is 0 Å². The highest BCUT2D eigenvalue weighted by Crippen LogP contribution is 2.35. The normalized spacial score (nSPS) is 17.7. The molecule has 0 aromatic carbocycles. The highest BCUT2D eigenvalue weighted by atomic mass is 16.5. The minimum absolute atomic E-state index is 0.0973. The van der Waals surface area contributed by atoms with Crippen LogP contribution in [0.3, 0.4) is 0 Å². The predicted molar refractivity (Wildman–Crippen MR) is 81.0 cm³/mol. The van der Waals surface area contributed by atoms with Gasteiger partial charge in [-0.15, -0.1) is 0 Å². The molecule has 1 amide bonds. The average molecular weight is 318 g/mol. The van der Waals surface area contributed by atoms with Crippen molar-refractivity contribution in [3.8, 4) is 0 Å². The van der Waals surface area contributed by atoms with Crippen molar-refractivity contribution >= 4 is 5.91 Å². The lowest BCUT2D eigenvalue weighted by atomic mass is 10.0. The Morgan fingerprint density at radius 1 is 1.39 bits per heavy atom. The Bertz CT molecular complexity index is 828. The molecule has 3 rings (SSSR count). The van der Waals surface area contributed by atoms with E-state index in [1.165, 1.54) is 0 Å². The lowest BCUT2D eigenvalue weighted by Crippen LogP contribution is -2.38. The number of aromatic amines is 1. The summed E-state index contributed by atoms with van der Waals surface area (Å²) in [5, 5.41) is 6.32. The van der Waals surface area contributed by atoms with Gasteiger partial charge in [0.05, 0.1) is 11.7 Å². The number of rotatable bonds is 3. The number of carbonyl (C=O) groups excluding carboxylic acids is 1. The van der Waals surface area contributed by atoms with E-state index in [-0.39, 0.29) is 18.5 Å². The molecule has 0 saturated carbocycles. The first kappa shape index (κ1) is 15.3. The van der Waals surface area contributed by atoms with E-state index in [0.717, 1.165) is 40.9 Å². The van der Waals surface area contributed by atoms with Crippen molar-refractivity contribution in [2.75, 3.05) is 6.54 Å². The number of hydrogen-bond acceptors (Lipinski definition) is 5. The second-order valence-corrected chi connectivity index (χ2v) is 5.72. The molecule has 1 N–H and O–H groups in total. The standard InChI is InChI=1S/C15H18N4O4/c1-9-15(10(2)23-17-9)11-4-3-7-18(11)14(22)8-19-13(21)6-5-12(20)16-19/h5-6,11H,3-4,7-8H2,1-2H3,(H,16,20). The summed E-state index contributed by atoms with van der Waals surface area (Å²) in [5.41, 5.74) is 0.884. The van der Waals surface area contributed by atoms with Crippen LogP contribution in [0, 0.1) is 13.8 Å². The molecular formula is C15H18N4O4. The molecule has 0 spiro atoms. The maximum Gasteiger partial charge on any atom is 0.265 e. The Morgan fingerprint density at radius 2 is 2.17 bits per heavy atom. The molecule has 122 valence electrons. The van der Waals surface area contributed by atoms with Gasteiger partial charge in [-0.1, -0.05) is 5.16 Å². The first-order chi connectivity index (χ1) is 11.0. The van der Waals surface area contributed by atoms with Gasteiger partial charge in [-0.05, 0) is 26.7 Å². The number of hydrogen-bond donors (Lipinski definition) is 1. The van der Waals surface area contributed by atoms with Crippen LogP contribution in [0.1, 0.15) is 35.9 Å². The van der Waals surface area contributed by atoms with Gasteiger partial charge < -0.3 is 9.42 Å². The summed E-state index contributed by atoms with van der Waals surface area (Å²) in [5.74, 6) is 0.494. The van der Waals surface area contributed by atoms with Gasteiger partial charge in [-0.3, -0.25) is 19.5 Å². The van der Waals surface area contributed by atoms with E-state index in [9.17, 15) is 14.4 Å². The van der Waals surface area contributed by atoms with Gasteiger partial charge in [0.2, 0.25) is 5.91 Å².